The minimum atomic E-state index is -3.82. The molecule has 1 aromatic carbocycles. The third kappa shape index (κ3) is 4.07. The number of rotatable bonds is 4. The highest BCUT2D eigenvalue weighted by molar-refractivity contribution is 7.89. The molecule has 1 aliphatic rings. The summed E-state index contributed by atoms with van der Waals surface area (Å²) in [6.45, 7) is 1.98. The molecule has 0 saturated heterocycles. The SMILES string of the molecule is CC1(Cl)CCC(c2cc(C(F)F)nn2-c2ccc(S(N)(=O)=O)cc2)CC1. The largest absolute Gasteiger partial charge is 0.282 e. The Hall–Kier alpha value is -1.51. The maximum atomic E-state index is 13.2. The topological polar surface area (TPSA) is 78.0 Å². The first-order valence-electron chi connectivity index (χ1n) is 8.27. The van der Waals surface area contributed by atoms with Gasteiger partial charge in [-0.15, -0.1) is 11.6 Å². The number of nitrogens with two attached hydrogens (primary N) is 1. The molecule has 26 heavy (non-hydrogen) atoms. The number of hydrogen-bond acceptors (Lipinski definition) is 3. The molecular formula is C17H20ClF2N3O2S. The Morgan fingerprint density at radius 2 is 1.85 bits per heavy atom. The van der Waals surface area contributed by atoms with E-state index in [9.17, 15) is 17.2 Å². The van der Waals surface area contributed by atoms with Gasteiger partial charge < -0.3 is 0 Å². The molecule has 1 fully saturated rings. The zero-order valence-corrected chi connectivity index (χ0v) is 15.8. The number of alkyl halides is 3. The normalized spacial score (nSPS) is 24.2. The lowest BCUT2D eigenvalue weighted by Crippen LogP contribution is -2.25. The molecule has 0 unspecified atom stereocenters. The molecule has 9 heteroatoms. The second kappa shape index (κ2) is 6.90. The van der Waals surface area contributed by atoms with Crippen molar-refractivity contribution < 1.29 is 17.2 Å². The first-order valence-corrected chi connectivity index (χ1v) is 10.2. The second-order valence-corrected chi connectivity index (χ2v) is 9.41. The average Bonchev–Trinajstić information content (AvgIpc) is 2.99. The van der Waals surface area contributed by atoms with E-state index in [1.54, 1.807) is 0 Å². The van der Waals surface area contributed by atoms with Crippen LogP contribution in [0.2, 0.25) is 0 Å². The van der Waals surface area contributed by atoms with Crippen LogP contribution in [0.15, 0.2) is 35.2 Å². The van der Waals surface area contributed by atoms with Crippen molar-refractivity contribution in [2.75, 3.05) is 0 Å². The van der Waals surface area contributed by atoms with Crippen molar-refractivity contribution in [2.45, 2.75) is 54.7 Å². The van der Waals surface area contributed by atoms with Crippen LogP contribution in [0.3, 0.4) is 0 Å². The molecule has 0 bridgehead atoms. The van der Waals surface area contributed by atoms with Gasteiger partial charge in [0.25, 0.3) is 6.43 Å². The Morgan fingerprint density at radius 1 is 1.27 bits per heavy atom. The van der Waals surface area contributed by atoms with E-state index in [1.807, 2.05) is 6.92 Å². The molecule has 1 aromatic heterocycles. The summed E-state index contributed by atoms with van der Waals surface area (Å²) in [6.07, 6.45) is 0.464. The van der Waals surface area contributed by atoms with Crippen LogP contribution in [0.4, 0.5) is 8.78 Å². The van der Waals surface area contributed by atoms with Crippen molar-refractivity contribution in [3.8, 4) is 5.69 Å². The Bertz CT molecular complexity index is 885. The van der Waals surface area contributed by atoms with Gasteiger partial charge in [-0.1, -0.05) is 0 Å². The van der Waals surface area contributed by atoms with E-state index in [1.165, 1.54) is 35.0 Å². The van der Waals surface area contributed by atoms with Crippen molar-refractivity contribution in [1.29, 1.82) is 0 Å². The highest BCUT2D eigenvalue weighted by Crippen LogP contribution is 2.42. The lowest BCUT2D eigenvalue weighted by Gasteiger charge is -2.32. The zero-order valence-electron chi connectivity index (χ0n) is 14.2. The van der Waals surface area contributed by atoms with Crippen LogP contribution in [0.5, 0.6) is 0 Å². The minimum absolute atomic E-state index is 0.0420. The minimum Gasteiger partial charge on any atom is -0.237 e. The third-order valence-corrected chi connectivity index (χ3v) is 6.14. The lowest BCUT2D eigenvalue weighted by molar-refractivity contribution is 0.145. The maximum Gasteiger partial charge on any atom is 0.282 e. The predicted octanol–water partition coefficient (Wildman–Crippen LogP) is 4.11. The molecule has 0 spiro atoms. The number of aromatic nitrogens is 2. The van der Waals surface area contributed by atoms with Gasteiger partial charge in [-0.05, 0) is 62.9 Å². The summed E-state index contributed by atoms with van der Waals surface area (Å²) in [5.74, 6) is 0.0692. The van der Waals surface area contributed by atoms with Gasteiger partial charge in [-0.2, -0.15) is 5.10 Å². The molecule has 3 rings (SSSR count). The molecule has 0 aliphatic heterocycles. The van der Waals surface area contributed by atoms with Crippen LogP contribution < -0.4 is 5.14 Å². The average molecular weight is 404 g/mol. The number of sulfonamides is 1. The lowest BCUT2D eigenvalue weighted by atomic mass is 9.80. The summed E-state index contributed by atoms with van der Waals surface area (Å²) in [4.78, 5) is -0.302. The van der Waals surface area contributed by atoms with Gasteiger partial charge in [0.05, 0.1) is 10.6 Å². The fourth-order valence-corrected chi connectivity index (χ4v) is 4.05. The van der Waals surface area contributed by atoms with E-state index in [-0.39, 0.29) is 21.4 Å². The number of benzene rings is 1. The summed E-state index contributed by atoms with van der Waals surface area (Å²) in [7, 11) is -3.82. The quantitative estimate of drug-likeness (QED) is 0.780. The van der Waals surface area contributed by atoms with Crippen molar-refractivity contribution in [2.24, 2.45) is 5.14 Å². The molecule has 2 aromatic rings. The van der Waals surface area contributed by atoms with Gasteiger partial charge in [-0.3, -0.25) is 0 Å². The van der Waals surface area contributed by atoms with Gasteiger partial charge in [0.2, 0.25) is 10.0 Å². The van der Waals surface area contributed by atoms with E-state index < -0.39 is 16.4 Å². The van der Waals surface area contributed by atoms with Crippen LogP contribution >= 0.6 is 11.6 Å². The van der Waals surface area contributed by atoms with Crippen LogP contribution in [0.25, 0.3) is 5.69 Å². The molecule has 0 radical (unpaired) electrons. The van der Waals surface area contributed by atoms with Gasteiger partial charge >= 0.3 is 0 Å². The smallest absolute Gasteiger partial charge is 0.237 e. The molecule has 1 heterocycles. The molecule has 142 valence electrons. The van der Waals surface area contributed by atoms with Gasteiger partial charge in [-0.25, -0.2) is 27.0 Å². The fourth-order valence-electron chi connectivity index (χ4n) is 3.31. The molecule has 1 saturated carbocycles. The van der Waals surface area contributed by atoms with Crippen LogP contribution in [-0.4, -0.2) is 23.1 Å². The second-order valence-electron chi connectivity index (χ2n) is 6.93. The number of hydrogen-bond donors (Lipinski definition) is 1. The molecular weight excluding hydrogens is 384 g/mol. The van der Waals surface area contributed by atoms with Crippen LogP contribution in [0.1, 0.15) is 56.3 Å². The first-order chi connectivity index (χ1) is 12.1. The van der Waals surface area contributed by atoms with Gasteiger partial charge in [0.15, 0.2) is 0 Å². The van der Waals surface area contributed by atoms with Crippen LogP contribution in [0, 0.1) is 0 Å². The number of primary sulfonamides is 1. The predicted molar refractivity (Wildman–Crippen MR) is 95.4 cm³/mol. The number of nitrogens with zero attached hydrogens (tertiary/aromatic N) is 2. The molecule has 2 N–H and O–H groups in total. The first kappa shape index (κ1) is 19.3. The molecule has 0 amide bonds. The van der Waals surface area contributed by atoms with Crippen LogP contribution in [-0.2, 0) is 10.0 Å². The van der Waals surface area contributed by atoms with Gasteiger partial charge in [0.1, 0.15) is 5.69 Å². The third-order valence-electron chi connectivity index (χ3n) is 4.84. The Labute approximate surface area is 156 Å². The van der Waals surface area contributed by atoms with Crippen molar-refractivity contribution in [3.63, 3.8) is 0 Å². The summed E-state index contributed by atoms with van der Waals surface area (Å²) in [5, 5.41) is 9.14. The highest BCUT2D eigenvalue weighted by atomic mass is 35.5. The van der Waals surface area contributed by atoms with Crippen molar-refractivity contribution in [3.05, 3.63) is 41.7 Å². The van der Waals surface area contributed by atoms with E-state index in [2.05, 4.69) is 5.10 Å². The van der Waals surface area contributed by atoms with Crippen molar-refractivity contribution >= 4 is 21.6 Å². The van der Waals surface area contributed by atoms with E-state index in [4.69, 9.17) is 16.7 Å². The summed E-state index contributed by atoms with van der Waals surface area (Å²) < 4.78 is 50.6. The Balaban J connectivity index is 1.98. The molecule has 5 nitrogen and oxygen atoms in total. The fraction of sp³-hybridized carbons (Fsp3) is 0.471. The van der Waals surface area contributed by atoms with E-state index in [0.717, 1.165) is 25.7 Å². The highest BCUT2D eigenvalue weighted by Gasteiger charge is 2.32. The summed E-state index contributed by atoms with van der Waals surface area (Å²) in [5.41, 5.74) is 0.907. The monoisotopic (exact) mass is 403 g/mol. The van der Waals surface area contributed by atoms with E-state index >= 15 is 0 Å². The zero-order chi connectivity index (χ0) is 19.1. The van der Waals surface area contributed by atoms with E-state index in [0.29, 0.717) is 11.4 Å². The number of halogens is 3. The van der Waals surface area contributed by atoms with Gasteiger partial charge in [0, 0.05) is 16.5 Å². The Kier molecular flexibility index (Phi) is 5.11. The summed E-state index contributed by atoms with van der Waals surface area (Å²) in [6, 6.07) is 7.14. The molecule has 0 atom stereocenters. The molecule has 1 aliphatic carbocycles. The standard InChI is InChI=1S/C17H20ClF2N3O2S/c1-17(18)8-6-11(7-9-17)15-10-14(16(19)20)22-23(15)12-2-4-13(5-3-12)26(21,24)25/h2-5,10-11,16H,6-9H2,1H3,(H2,21,24,25). The Morgan fingerprint density at radius 3 is 2.35 bits per heavy atom. The maximum absolute atomic E-state index is 13.2. The summed E-state index contributed by atoms with van der Waals surface area (Å²) >= 11 is 6.39. The van der Waals surface area contributed by atoms with Crippen molar-refractivity contribution in [1.82, 2.24) is 9.78 Å².